The lowest BCUT2D eigenvalue weighted by Crippen LogP contribution is -2.33. The molecule has 15 N–H and O–H groups in total. The topological polar surface area (TPSA) is 393 Å². The zero-order valence-corrected chi connectivity index (χ0v) is 23.9. The van der Waals surface area contributed by atoms with Crippen LogP contribution in [0.5, 0.6) is 0 Å². The quantitative estimate of drug-likeness (QED) is 0.120. The number of nitrogens with two attached hydrogens (primary N) is 1. The number of nitrogens with one attached hydrogen (secondary N) is 1. The molecule has 22 nitrogen and oxygen atoms in total. The first-order valence-electron chi connectivity index (χ1n) is 11.0. The van der Waals surface area contributed by atoms with Gasteiger partial charge in [-0.05, 0) is 11.6 Å². The lowest BCUT2D eigenvalue weighted by atomic mass is 10.1. The van der Waals surface area contributed by atoms with E-state index in [-0.39, 0.29) is 22.9 Å². The van der Waals surface area contributed by atoms with Crippen LogP contribution in [0.1, 0.15) is 17.6 Å². The third-order valence-corrected chi connectivity index (χ3v) is 4.59. The van der Waals surface area contributed by atoms with Crippen molar-refractivity contribution in [2.75, 3.05) is 12.3 Å². The molecule has 1 aliphatic rings. The van der Waals surface area contributed by atoms with Crippen LogP contribution >= 0.6 is 23.5 Å². The van der Waals surface area contributed by atoms with Gasteiger partial charge in [-0.2, -0.15) is 4.98 Å². The summed E-state index contributed by atoms with van der Waals surface area (Å²) in [5.74, 6) is 0.154. The second-order valence-electron chi connectivity index (χ2n) is 7.98. The van der Waals surface area contributed by atoms with Gasteiger partial charge < -0.3 is 69.8 Å². The number of phosphoric acid groups is 3. The summed E-state index contributed by atoms with van der Waals surface area (Å²) < 4.78 is 33.6. The summed E-state index contributed by atoms with van der Waals surface area (Å²) in [5.41, 5.74) is 6.13. The van der Waals surface area contributed by atoms with E-state index in [4.69, 9.17) is 68.2 Å². The number of nitrogen functional groups attached to an aromatic ring is 1. The predicted octanol–water partition coefficient (Wildman–Crippen LogP) is -3.30. The Hall–Kier alpha value is -2.72. The second-order valence-corrected chi connectivity index (χ2v) is 11.1. The number of aromatic nitrogens is 4. The van der Waals surface area contributed by atoms with E-state index in [2.05, 4.69) is 15.0 Å². The van der Waals surface area contributed by atoms with Crippen LogP contribution in [-0.4, -0.2) is 104 Å². The fraction of sp³-hybridized carbons (Fsp3) is 0.278. The van der Waals surface area contributed by atoms with Crippen LogP contribution in [0.4, 0.5) is 5.95 Å². The number of fused-ring (bicyclic) bond motifs is 1. The van der Waals surface area contributed by atoms with Crippen molar-refractivity contribution in [1.29, 1.82) is 0 Å². The monoisotopic (exact) mass is 679 g/mol. The fourth-order valence-electron chi connectivity index (χ4n) is 3.21. The highest BCUT2D eigenvalue weighted by Crippen LogP contribution is 2.33. The molecular weight excluding hydrogens is 651 g/mol. The Balaban J connectivity index is 0.000000512. The minimum absolute atomic E-state index is 0.0136. The SMILES string of the molecule is Nc1nc2c(nc(/C=C/c3ccccc3)n2[C@@H]2O[C@H](CO)[C@@H](O)[C@H]2O)c(=O)[nH]1.O=P(O)(O)O.O=P(O)(O)O.O=P(O)(O)O. The van der Waals surface area contributed by atoms with Crippen LogP contribution in [0.25, 0.3) is 23.3 Å². The Morgan fingerprint density at radius 2 is 1.35 bits per heavy atom. The van der Waals surface area contributed by atoms with Gasteiger partial charge in [0.25, 0.3) is 5.56 Å². The van der Waals surface area contributed by atoms with E-state index in [0.717, 1.165) is 5.56 Å². The minimum atomic E-state index is -4.64. The number of aromatic amines is 1. The molecule has 0 amide bonds. The first-order chi connectivity index (χ1) is 19.5. The first-order valence-corrected chi connectivity index (χ1v) is 15.7. The van der Waals surface area contributed by atoms with E-state index in [1.165, 1.54) is 4.57 Å². The highest BCUT2D eigenvalue weighted by molar-refractivity contribution is 7.45. The molecule has 0 saturated carbocycles. The summed E-state index contributed by atoms with van der Waals surface area (Å²) in [6, 6.07) is 9.42. The molecule has 0 aliphatic carbocycles. The van der Waals surface area contributed by atoms with Crippen LogP contribution in [0, 0.1) is 0 Å². The van der Waals surface area contributed by atoms with Crippen molar-refractivity contribution in [3.05, 3.63) is 52.1 Å². The Morgan fingerprint density at radius 1 is 0.860 bits per heavy atom. The van der Waals surface area contributed by atoms with E-state index in [9.17, 15) is 20.1 Å². The minimum Gasteiger partial charge on any atom is -0.394 e. The van der Waals surface area contributed by atoms with E-state index in [1.54, 1.807) is 12.2 Å². The van der Waals surface area contributed by atoms with Crippen molar-refractivity contribution >= 4 is 52.7 Å². The van der Waals surface area contributed by atoms with Crippen molar-refractivity contribution in [3.63, 3.8) is 0 Å². The number of anilines is 1. The molecule has 0 unspecified atom stereocenters. The summed E-state index contributed by atoms with van der Waals surface area (Å²) in [6.07, 6.45) is -1.35. The van der Waals surface area contributed by atoms with Crippen molar-refractivity contribution in [3.8, 4) is 0 Å². The molecule has 242 valence electrons. The highest BCUT2D eigenvalue weighted by Gasteiger charge is 2.44. The Morgan fingerprint density at radius 3 is 1.79 bits per heavy atom. The first kappa shape index (κ1) is 38.3. The lowest BCUT2D eigenvalue weighted by molar-refractivity contribution is -0.0513. The van der Waals surface area contributed by atoms with Gasteiger partial charge in [0.1, 0.15) is 24.1 Å². The maximum atomic E-state index is 12.3. The molecule has 4 atom stereocenters. The third kappa shape index (κ3) is 15.0. The number of ether oxygens (including phenoxy) is 1. The molecule has 1 saturated heterocycles. The summed E-state index contributed by atoms with van der Waals surface area (Å²) >= 11 is 0. The molecule has 0 spiro atoms. The largest absolute Gasteiger partial charge is 0.466 e. The number of imidazole rings is 1. The number of aliphatic hydroxyl groups excluding tert-OH is 3. The standard InChI is InChI=1S/C18H19N5O5.3H3O4P/c19-18-21-15-12(16(27)22-18)20-11(7-6-9-4-2-1-3-5-9)23(15)17-14(26)13(25)10(8-24)28-17;3*1-5(2,3)4/h1-7,10,13-14,17,24-26H,8H2,(H3,19,21,22,27);3*(H3,1,2,3,4)/b7-6+;;;/t10-,13-,14-,17-;;;/m1.../s1. The number of rotatable bonds is 4. The molecule has 1 aliphatic heterocycles. The van der Waals surface area contributed by atoms with E-state index in [1.807, 2.05) is 30.3 Å². The van der Waals surface area contributed by atoms with Gasteiger partial charge in [0.2, 0.25) is 5.95 Å². The van der Waals surface area contributed by atoms with Gasteiger partial charge in [-0.3, -0.25) is 14.3 Å². The number of H-pyrrole nitrogens is 1. The molecule has 3 aromatic rings. The zero-order chi connectivity index (χ0) is 33.3. The van der Waals surface area contributed by atoms with Crippen LogP contribution in [0.3, 0.4) is 0 Å². The molecular formula is C18H28N5O17P3. The smallest absolute Gasteiger partial charge is 0.394 e. The maximum absolute atomic E-state index is 12.3. The number of aliphatic hydroxyl groups is 3. The fourth-order valence-corrected chi connectivity index (χ4v) is 3.21. The zero-order valence-electron chi connectivity index (χ0n) is 21.2. The lowest BCUT2D eigenvalue weighted by Gasteiger charge is -2.18. The number of hydrogen-bond donors (Lipinski definition) is 14. The summed E-state index contributed by atoms with van der Waals surface area (Å²) in [5, 5.41) is 29.9. The van der Waals surface area contributed by atoms with Crippen LogP contribution in [0.2, 0.25) is 0 Å². The van der Waals surface area contributed by atoms with Crippen LogP contribution < -0.4 is 11.3 Å². The second kappa shape index (κ2) is 15.8. The van der Waals surface area contributed by atoms with E-state index in [0.29, 0.717) is 0 Å². The van der Waals surface area contributed by atoms with Crippen molar-refractivity contribution < 1.29 is 77.8 Å². The van der Waals surface area contributed by atoms with Crippen LogP contribution in [0.15, 0.2) is 35.1 Å². The summed E-state index contributed by atoms with van der Waals surface area (Å²) in [7, 11) is -13.9. The average molecular weight is 679 g/mol. The molecule has 3 heterocycles. The van der Waals surface area contributed by atoms with Crippen LogP contribution in [-0.2, 0) is 18.4 Å². The number of hydrogen-bond acceptors (Lipinski definition) is 11. The van der Waals surface area contributed by atoms with Crippen molar-refractivity contribution in [1.82, 2.24) is 19.5 Å². The summed E-state index contributed by atoms with van der Waals surface area (Å²) in [6.45, 7) is -0.479. The normalized spacial score (nSPS) is 20.5. The Kier molecular flexibility index (Phi) is 14.1. The average Bonchev–Trinajstić information content (AvgIpc) is 3.32. The third-order valence-electron chi connectivity index (χ3n) is 4.59. The van der Waals surface area contributed by atoms with E-state index < -0.39 is 60.2 Å². The van der Waals surface area contributed by atoms with Gasteiger partial charge in [0.15, 0.2) is 17.4 Å². The van der Waals surface area contributed by atoms with Gasteiger partial charge in [-0.15, -0.1) is 0 Å². The molecule has 1 aromatic carbocycles. The van der Waals surface area contributed by atoms with Crippen molar-refractivity contribution in [2.45, 2.75) is 24.5 Å². The Labute approximate surface area is 239 Å². The van der Waals surface area contributed by atoms with Gasteiger partial charge in [-0.1, -0.05) is 36.4 Å². The maximum Gasteiger partial charge on any atom is 0.466 e. The summed E-state index contributed by atoms with van der Waals surface area (Å²) in [4.78, 5) is 87.7. The number of benzene rings is 1. The van der Waals surface area contributed by atoms with E-state index >= 15 is 0 Å². The molecule has 43 heavy (non-hydrogen) atoms. The molecule has 0 radical (unpaired) electrons. The highest BCUT2D eigenvalue weighted by atomic mass is 31.2. The molecule has 0 bridgehead atoms. The van der Waals surface area contributed by atoms with Crippen molar-refractivity contribution in [2.24, 2.45) is 0 Å². The van der Waals surface area contributed by atoms with Gasteiger partial charge in [-0.25, -0.2) is 18.7 Å². The van der Waals surface area contributed by atoms with Gasteiger partial charge in [0, 0.05) is 0 Å². The molecule has 2 aromatic heterocycles. The van der Waals surface area contributed by atoms with Gasteiger partial charge >= 0.3 is 23.5 Å². The molecule has 4 rings (SSSR count). The Bertz CT molecular complexity index is 1490. The molecule has 25 heteroatoms. The van der Waals surface area contributed by atoms with Gasteiger partial charge in [0.05, 0.1) is 6.61 Å². The predicted molar refractivity (Wildman–Crippen MR) is 144 cm³/mol. The number of nitrogens with zero attached hydrogens (tertiary/aromatic N) is 3. The molecule has 1 fully saturated rings.